The zero-order valence-electron chi connectivity index (χ0n) is 14.7. The Morgan fingerprint density at radius 3 is 2.33 bits per heavy atom. The van der Waals surface area contributed by atoms with Crippen molar-refractivity contribution in [3.8, 4) is 0 Å². The van der Waals surface area contributed by atoms with E-state index in [9.17, 15) is 0 Å². The van der Waals surface area contributed by atoms with E-state index in [1.807, 2.05) is 0 Å². The zero-order valence-corrected chi connectivity index (χ0v) is 14.7. The average Bonchev–Trinajstić information content (AvgIpc) is 2.66. The van der Waals surface area contributed by atoms with Crippen molar-refractivity contribution in [1.82, 2.24) is 0 Å². The molecule has 1 aliphatic rings. The van der Waals surface area contributed by atoms with Gasteiger partial charge >= 0.3 is 0 Å². The maximum Gasteiger partial charge on any atom is -0.0121 e. The third-order valence-electron chi connectivity index (χ3n) is 5.09. The number of hydrogen-bond donors (Lipinski definition) is 0. The first-order valence-corrected chi connectivity index (χ1v) is 9.35. The molecular weight excluding hydrogens is 288 g/mol. The molecule has 0 aromatic heterocycles. The van der Waals surface area contributed by atoms with E-state index in [-0.39, 0.29) is 0 Å². The van der Waals surface area contributed by atoms with Crippen molar-refractivity contribution < 1.29 is 0 Å². The summed E-state index contributed by atoms with van der Waals surface area (Å²) in [5, 5.41) is 0. The van der Waals surface area contributed by atoms with Gasteiger partial charge in [-0.15, -0.1) is 0 Å². The van der Waals surface area contributed by atoms with E-state index in [4.69, 9.17) is 0 Å². The molecular formula is C24H28. The van der Waals surface area contributed by atoms with Crippen LogP contribution in [0.1, 0.15) is 62.5 Å². The molecule has 0 saturated heterocycles. The van der Waals surface area contributed by atoms with Crippen LogP contribution in [0, 0.1) is 0 Å². The lowest BCUT2D eigenvalue weighted by molar-refractivity contribution is 0.561. The van der Waals surface area contributed by atoms with Gasteiger partial charge in [-0.05, 0) is 54.7 Å². The zero-order chi connectivity index (χ0) is 16.6. The fraction of sp³-hybridized carbons (Fsp3) is 0.333. The summed E-state index contributed by atoms with van der Waals surface area (Å²) in [5.41, 5.74) is 6.08. The molecule has 1 atom stereocenters. The molecule has 1 aliphatic carbocycles. The molecule has 3 rings (SSSR count). The van der Waals surface area contributed by atoms with Gasteiger partial charge in [0, 0.05) is 0 Å². The summed E-state index contributed by atoms with van der Waals surface area (Å²) >= 11 is 0. The fourth-order valence-corrected chi connectivity index (χ4v) is 3.66. The minimum Gasteiger partial charge on any atom is -0.0664 e. The highest BCUT2D eigenvalue weighted by molar-refractivity contribution is 5.53. The predicted molar refractivity (Wildman–Crippen MR) is 105 cm³/mol. The summed E-state index contributed by atoms with van der Waals surface area (Å²) < 4.78 is 0. The van der Waals surface area contributed by atoms with E-state index in [0.717, 1.165) is 0 Å². The minimum atomic E-state index is 0.701. The molecule has 0 aliphatic heterocycles. The van der Waals surface area contributed by atoms with Gasteiger partial charge < -0.3 is 0 Å². The molecule has 0 spiro atoms. The SMILES string of the molecule is CCCCC1=C(/C=C/c2ccccc2)CCC(c2ccccc2)C1. The summed E-state index contributed by atoms with van der Waals surface area (Å²) in [4.78, 5) is 0. The Kier molecular flexibility index (Phi) is 6.07. The number of allylic oxidation sites excluding steroid dienone is 3. The highest BCUT2D eigenvalue weighted by atomic mass is 14.3. The fourth-order valence-electron chi connectivity index (χ4n) is 3.66. The lowest BCUT2D eigenvalue weighted by atomic mass is 9.78. The Morgan fingerprint density at radius 1 is 0.917 bits per heavy atom. The summed E-state index contributed by atoms with van der Waals surface area (Å²) in [6.07, 6.45) is 12.2. The molecule has 2 aromatic rings. The first-order valence-electron chi connectivity index (χ1n) is 9.35. The van der Waals surface area contributed by atoms with Crippen LogP contribution >= 0.6 is 0 Å². The van der Waals surface area contributed by atoms with Crippen molar-refractivity contribution in [3.63, 3.8) is 0 Å². The highest BCUT2D eigenvalue weighted by Gasteiger charge is 2.20. The highest BCUT2D eigenvalue weighted by Crippen LogP contribution is 2.38. The molecule has 0 N–H and O–H groups in total. The third kappa shape index (κ3) is 4.47. The molecule has 2 aromatic carbocycles. The van der Waals surface area contributed by atoms with Crippen LogP contribution in [0.3, 0.4) is 0 Å². The lowest BCUT2D eigenvalue weighted by Crippen LogP contribution is -2.09. The van der Waals surface area contributed by atoms with Crippen LogP contribution in [-0.4, -0.2) is 0 Å². The number of benzene rings is 2. The molecule has 124 valence electrons. The number of rotatable bonds is 6. The molecule has 0 radical (unpaired) electrons. The van der Waals surface area contributed by atoms with Crippen LogP contribution < -0.4 is 0 Å². The molecule has 0 fully saturated rings. The molecule has 0 nitrogen and oxygen atoms in total. The first-order chi connectivity index (χ1) is 11.9. The molecule has 24 heavy (non-hydrogen) atoms. The normalized spacial score (nSPS) is 18.3. The summed E-state index contributed by atoms with van der Waals surface area (Å²) in [6.45, 7) is 2.29. The number of hydrogen-bond acceptors (Lipinski definition) is 0. The second-order valence-corrected chi connectivity index (χ2v) is 6.83. The predicted octanol–water partition coefficient (Wildman–Crippen LogP) is 7.15. The van der Waals surface area contributed by atoms with Gasteiger partial charge in [0.15, 0.2) is 0 Å². The van der Waals surface area contributed by atoms with E-state index >= 15 is 0 Å². The Hall–Kier alpha value is -2.08. The monoisotopic (exact) mass is 316 g/mol. The quantitative estimate of drug-likeness (QED) is 0.530. The van der Waals surface area contributed by atoms with E-state index in [2.05, 4.69) is 79.7 Å². The average molecular weight is 316 g/mol. The van der Waals surface area contributed by atoms with Crippen LogP contribution in [0.25, 0.3) is 6.08 Å². The lowest BCUT2D eigenvalue weighted by Gasteiger charge is -2.27. The van der Waals surface area contributed by atoms with Crippen molar-refractivity contribution in [1.29, 1.82) is 0 Å². The van der Waals surface area contributed by atoms with Crippen LogP contribution in [0.2, 0.25) is 0 Å². The summed E-state index contributed by atoms with van der Waals surface area (Å²) in [6, 6.07) is 21.7. The van der Waals surface area contributed by atoms with Gasteiger partial charge in [-0.3, -0.25) is 0 Å². The summed E-state index contributed by atoms with van der Waals surface area (Å²) in [7, 11) is 0. The van der Waals surface area contributed by atoms with Crippen molar-refractivity contribution in [2.75, 3.05) is 0 Å². The molecule has 1 unspecified atom stereocenters. The van der Waals surface area contributed by atoms with E-state index in [1.165, 1.54) is 49.7 Å². The molecule has 0 amide bonds. The van der Waals surface area contributed by atoms with Gasteiger partial charge in [-0.25, -0.2) is 0 Å². The topological polar surface area (TPSA) is 0 Å². The van der Waals surface area contributed by atoms with Crippen molar-refractivity contribution in [3.05, 3.63) is 89.0 Å². The van der Waals surface area contributed by atoms with Crippen molar-refractivity contribution in [2.24, 2.45) is 0 Å². The molecule has 0 heteroatoms. The second kappa shape index (κ2) is 8.68. The van der Waals surface area contributed by atoms with Crippen LogP contribution in [0.5, 0.6) is 0 Å². The largest absolute Gasteiger partial charge is 0.0664 e. The maximum absolute atomic E-state index is 2.38. The van der Waals surface area contributed by atoms with Gasteiger partial charge in [0.2, 0.25) is 0 Å². The van der Waals surface area contributed by atoms with Gasteiger partial charge in [-0.1, -0.05) is 91.7 Å². The first kappa shape index (κ1) is 16.8. The van der Waals surface area contributed by atoms with E-state index < -0.39 is 0 Å². The van der Waals surface area contributed by atoms with Gasteiger partial charge in [0.05, 0.1) is 0 Å². The van der Waals surface area contributed by atoms with Crippen LogP contribution in [0.15, 0.2) is 77.9 Å². The number of unbranched alkanes of at least 4 members (excludes halogenated alkanes) is 1. The minimum absolute atomic E-state index is 0.701. The Balaban J connectivity index is 1.79. The third-order valence-corrected chi connectivity index (χ3v) is 5.09. The Morgan fingerprint density at radius 2 is 1.62 bits per heavy atom. The summed E-state index contributed by atoms with van der Waals surface area (Å²) in [5.74, 6) is 0.701. The van der Waals surface area contributed by atoms with Crippen molar-refractivity contribution >= 4 is 6.08 Å². The Labute approximate surface area is 146 Å². The van der Waals surface area contributed by atoms with E-state index in [0.29, 0.717) is 5.92 Å². The van der Waals surface area contributed by atoms with Gasteiger partial charge in [-0.2, -0.15) is 0 Å². The smallest absolute Gasteiger partial charge is 0.0121 e. The van der Waals surface area contributed by atoms with Crippen molar-refractivity contribution in [2.45, 2.75) is 51.4 Å². The van der Waals surface area contributed by atoms with Gasteiger partial charge in [0.1, 0.15) is 0 Å². The van der Waals surface area contributed by atoms with Crippen LogP contribution in [0.4, 0.5) is 0 Å². The van der Waals surface area contributed by atoms with E-state index in [1.54, 1.807) is 11.1 Å². The maximum atomic E-state index is 2.38. The molecule has 0 bridgehead atoms. The second-order valence-electron chi connectivity index (χ2n) is 6.83. The molecule has 0 saturated carbocycles. The standard InChI is InChI=1S/C24H28/c1-2-3-12-23-19-24(21-13-8-5-9-14-21)18-17-22(23)16-15-20-10-6-4-7-11-20/h4-11,13-16,24H,2-3,12,17-19H2,1H3/b16-15+. The molecule has 0 heterocycles. The van der Waals surface area contributed by atoms with Gasteiger partial charge in [0.25, 0.3) is 0 Å². The van der Waals surface area contributed by atoms with Crippen LogP contribution in [-0.2, 0) is 0 Å². The Bertz CT molecular complexity index is 676.